The number of benzene rings is 2. The first-order valence-corrected chi connectivity index (χ1v) is 6.16. The number of halogens is 2. The molecule has 2 aromatic carbocycles. The van der Waals surface area contributed by atoms with Gasteiger partial charge in [0, 0.05) is 10.0 Å². The molecule has 2 aromatic rings. The van der Waals surface area contributed by atoms with Crippen LogP contribution in [0, 0.1) is 0 Å². The topological polar surface area (TPSA) is 60.4 Å². The van der Waals surface area contributed by atoms with Crippen LogP contribution in [0.1, 0.15) is 11.1 Å². The molecule has 0 saturated carbocycles. The summed E-state index contributed by atoms with van der Waals surface area (Å²) in [7, 11) is 0. The number of aliphatic carboxylic acids is 1. The normalized spacial score (nSPS) is 11.3. The van der Waals surface area contributed by atoms with Crippen molar-refractivity contribution in [3.63, 3.8) is 0 Å². The zero-order chi connectivity index (χ0) is 14.0. The number of aliphatic hydroxyl groups is 1. The zero-order valence-electron chi connectivity index (χ0n) is 9.64. The van der Waals surface area contributed by atoms with Crippen LogP contribution in [0.2, 0.25) is 10.0 Å². The van der Waals surface area contributed by atoms with E-state index >= 15 is 0 Å². The number of rotatable bonds is 3. The molecule has 0 aliphatic rings. The van der Waals surface area contributed by atoms with Crippen LogP contribution in [0.4, 0.5) is 0 Å². The van der Waals surface area contributed by atoms with Gasteiger partial charge in [0.2, 0.25) is 0 Å². The maximum Gasteiger partial charge on any atom is 0.154 e. The smallest absolute Gasteiger partial charge is 0.154 e. The third kappa shape index (κ3) is 2.59. The van der Waals surface area contributed by atoms with Crippen LogP contribution in [0.5, 0.6) is 0 Å². The molecule has 19 heavy (non-hydrogen) atoms. The van der Waals surface area contributed by atoms with Gasteiger partial charge in [-0.05, 0) is 35.4 Å². The minimum atomic E-state index is -2.24. The minimum absolute atomic E-state index is 0.166. The van der Waals surface area contributed by atoms with Crippen molar-refractivity contribution in [2.45, 2.75) is 5.60 Å². The monoisotopic (exact) mass is 295 g/mol. The van der Waals surface area contributed by atoms with E-state index in [0.717, 1.165) is 0 Å². The highest BCUT2D eigenvalue weighted by atomic mass is 35.5. The molecule has 0 aliphatic heterocycles. The molecule has 0 atom stereocenters. The molecular formula is C14H9Cl2O3-. The van der Waals surface area contributed by atoms with E-state index in [0.29, 0.717) is 10.0 Å². The van der Waals surface area contributed by atoms with Crippen LogP contribution in [0.15, 0.2) is 48.5 Å². The second kappa shape index (κ2) is 5.21. The van der Waals surface area contributed by atoms with Crippen molar-refractivity contribution in [3.8, 4) is 0 Å². The Hall–Kier alpha value is -1.55. The van der Waals surface area contributed by atoms with Gasteiger partial charge < -0.3 is 15.0 Å². The Kier molecular flexibility index (Phi) is 3.80. The van der Waals surface area contributed by atoms with E-state index in [1.807, 2.05) is 0 Å². The molecule has 0 heterocycles. The maximum atomic E-state index is 11.4. The Balaban J connectivity index is 2.57. The van der Waals surface area contributed by atoms with Gasteiger partial charge in [-0.1, -0.05) is 47.5 Å². The van der Waals surface area contributed by atoms with Crippen molar-refractivity contribution < 1.29 is 15.0 Å². The summed E-state index contributed by atoms with van der Waals surface area (Å²) >= 11 is 11.5. The molecule has 0 bridgehead atoms. The molecule has 0 radical (unpaired) electrons. The number of carbonyl (C=O) groups excluding carboxylic acids is 1. The van der Waals surface area contributed by atoms with E-state index in [9.17, 15) is 15.0 Å². The lowest BCUT2D eigenvalue weighted by atomic mass is 9.86. The van der Waals surface area contributed by atoms with Gasteiger partial charge in [0.1, 0.15) is 0 Å². The quantitative estimate of drug-likeness (QED) is 0.942. The third-order valence-electron chi connectivity index (χ3n) is 2.82. The van der Waals surface area contributed by atoms with Crippen LogP contribution in [-0.2, 0) is 10.4 Å². The van der Waals surface area contributed by atoms with Gasteiger partial charge >= 0.3 is 0 Å². The van der Waals surface area contributed by atoms with Crippen molar-refractivity contribution in [1.82, 2.24) is 0 Å². The van der Waals surface area contributed by atoms with E-state index in [1.165, 1.54) is 48.5 Å². The highest BCUT2D eigenvalue weighted by Gasteiger charge is 2.33. The second-order valence-corrected chi connectivity index (χ2v) is 4.88. The number of carbonyl (C=O) groups is 1. The number of hydrogen-bond acceptors (Lipinski definition) is 3. The van der Waals surface area contributed by atoms with Crippen molar-refractivity contribution in [1.29, 1.82) is 0 Å². The van der Waals surface area contributed by atoms with Crippen LogP contribution >= 0.6 is 23.2 Å². The summed E-state index contributed by atoms with van der Waals surface area (Å²) in [5.41, 5.74) is -1.91. The maximum absolute atomic E-state index is 11.4. The average molecular weight is 296 g/mol. The predicted molar refractivity (Wildman–Crippen MR) is 70.9 cm³/mol. The summed E-state index contributed by atoms with van der Waals surface area (Å²) in [5, 5.41) is 22.7. The van der Waals surface area contributed by atoms with Gasteiger partial charge in [0.05, 0.1) is 5.97 Å². The summed E-state index contributed by atoms with van der Waals surface area (Å²) < 4.78 is 0. The summed E-state index contributed by atoms with van der Waals surface area (Å²) in [6, 6.07) is 11.8. The fourth-order valence-electron chi connectivity index (χ4n) is 1.78. The minimum Gasteiger partial charge on any atom is -0.546 e. The molecule has 0 aromatic heterocycles. The average Bonchev–Trinajstić information content (AvgIpc) is 2.39. The number of carboxylic acids is 1. The molecule has 0 aliphatic carbocycles. The lowest BCUT2D eigenvalue weighted by molar-refractivity contribution is -0.322. The summed E-state index contributed by atoms with van der Waals surface area (Å²) in [5.74, 6) is -1.61. The Bertz CT molecular complexity index is 546. The molecule has 2 rings (SSSR count). The van der Waals surface area contributed by atoms with Crippen LogP contribution in [0.3, 0.4) is 0 Å². The van der Waals surface area contributed by atoms with Crippen LogP contribution in [-0.4, -0.2) is 11.1 Å². The highest BCUT2D eigenvalue weighted by molar-refractivity contribution is 6.30. The summed E-state index contributed by atoms with van der Waals surface area (Å²) in [6.07, 6.45) is 0. The van der Waals surface area contributed by atoms with Gasteiger partial charge in [-0.2, -0.15) is 0 Å². The lowest BCUT2D eigenvalue weighted by Gasteiger charge is -2.30. The Morgan fingerprint density at radius 3 is 1.47 bits per heavy atom. The standard InChI is InChI=1S/C14H10Cl2O3/c15-11-5-1-9(2-6-11)14(19,13(17)18)10-3-7-12(16)8-4-10/h1-8,19H,(H,17,18)/p-1. The second-order valence-electron chi connectivity index (χ2n) is 4.01. The van der Waals surface area contributed by atoms with E-state index in [4.69, 9.17) is 23.2 Å². The highest BCUT2D eigenvalue weighted by Crippen LogP contribution is 2.30. The fourth-order valence-corrected chi connectivity index (χ4v) is 2.04. The SMILES string of the molecule is O=C([O-])C(O)(c1ccc(Cl)cc1)c1ccc(Cl)cc1. The summed E-state index contributed by atoms with van der Waals surface area (Å²) in [6.45, 7) is 0. The number of carboxylic acid groups (broad SMARTS) is 1. The molecule has 98 valence electrons. The van der Waals surface area contributed by atoms with Crippen molar-refractivity contribution in [2.24, 2.45) is 0 Å². The first kappa shape index (κ1) is 13.9. The first-order chi connectivity index (χ1) is 8.94. The molecular weight excluding hydrogens is 287 g/mol. The first-order valence-electron chi connectivity index (χ1n) is 5.40. The Labute approximate surface area is 120 Å². The van der Waals surface area contributed by atoms with Gasteiger partial charge in [0.15, 0.2) is 5.60 Å². The van der Waals surface area contributed by atoms with E-state index in [1.54, 1.807) is 0 Å². The summed E-state index contributed by atoms with van der Waals surface area (Å²) in [4.78, 5) is 11.4. The lowest BCUT2D eigenvalue weighted by Crippen LogP contribution is -2.46. The molecule has 0 fully saturated rings. The van der Waals surface area contributed by atoms with Gasteiger partial charge in [-0.15, -0.1) is 0 Å². The Morgan fingerprint density at radius 1 is 0.895 bits per heavy atom. The molecule has 1 N–H and O–H groups in total. The van der Waals surface area contributed by atoms with E-state index in [-0.39, 0.29) is 11.1 Å². The van der Waals surface area contributed by atoms with Crippen molar-refractivity contribution >= 4 is 29.2 Å². The molecule has 0 spiro atoms. The van der Waals surface area contributed by atoms with Gasteiger partial charge in [0.25, 0.3) is 0 Å². The largest absolute Gasteiger partial charge is 0.546 e. The molecule has 0 unspecified atom stereocenters. The molecule has 3 nitrogen and oxygen atoms in total. The number of hydrogen-bond donors (Lipinski definition) is 1. The van der Waals surface area contributed by atoms with Crippen LogP contribution < -0.4 is 5.11 Å². The van der Waals surface area contributed by atoms with E-state index < -0.39 is 11.6 Å². The fraction of sp³-hybridized carbons (Fsp3) is 0.0714. The van der Waals surface area contributed by atoms with Gasteiger partial charge in [-0.3, -0.25) is 0 Å². The van der Waals surface area contributed by atoms with Crippen molar-refractivity contribution in [2.75, 3.05) is 0 Å². The Morgan fingerprint density at radius 2 is 1.21 bits per heavy atom. The molecule has 0 saturated heterocycles. The van der Waals surface area contributed by atoms with Gasteiger partial charge in [-0.25, -0.2) is 0 Å². The van der Waals surface area contributed by atoms with E-state index in [2.05, 4.69) is 0 Å². The van der Waals surface area contributed by atoms with Crippen molar-refractivity contribution in [3.05, 3.63) is 69.7 Å². The molecule has 5 heteroatoms. The predicted octanol–water partition coefficient (Wildman–Crippen LogP) is 1.98. The third-order valence-corrected chi connectivity index (χ3v) is 3.32. The van der Waals surface area contributed by atoms with Crippen LogP contribution in [0.25, 0.3) is 0 Å². The zero-order valence-corrected chi connectivity index (χ0v) is 11.2. The molecule has 0 amide bonds.